The van der Waals surface area contributed by atoms with Crippen LogP contribution in [-0.4, -0.2) is 12.5 Å². The monoisotopic (exact) mass is 240 g/mol. The second kappa shape index (κ2) is 6.01. The Bertz CT molecular complexity index is 310. The number of hydrogen-bond acceptors (Lipinski definition) is 3. The topological polar surface area (TPSA) is 55.1 Å². The second-order valence-electron chi connectivity index (χ2n) is 4.01. The first-order valence-corrected chi connectivity index (χ1v) is 6.62. The number of nitrogens with one attached hydrogen (secondary N) is 1. The Balaban J connectivity index is 2.56. The van der Waals surface area contributed by atoms with Gasteiger partial charge in [0.05, 0.1) is 5.41 Å². The minimum Gasteiger partial charge on any atom is -0.351 e. The normalized spacial score (nSPS) is 11.4. The first-order valence-electron chi connectivity index (χ1n) is 5.68. The Kier molecular flexibility index (Phi) is 4.96. The Hall–Kier alpha value is -0.870. The Morgan fingerprint density at radius 2 is 2.19 bits per heavy atom. The molecule has 1 amide bonds. The largest absolute Gasteiger partial charge is 0.351 e. The minimum absolute atomic E-state index is 0.0752. The molecule has 16 heavy (non-hydrogen) atoms. The Morgan fingerprint density at radius 3 is 2.62 bits per heavy atom. The van der Waals surface area contributed by atoms with E-state index in [9.17, 15) is 4.79 Å². The Morgan fingerprint density at radius 1 is 1.50 bits per heavy atom. The van der Waals surface area contributed by atoms with Gasteiger partial charge in [-0.2, -0.15) is 11.3 Å². The number of nitrogens with two attached hydrogens (primary N) is 1. The maximum absolute atomic E-state index is 12.1. The predicted molar refractivity (Wildman–Crippen MR) is 68.2 cm³/mol. The van der Waals surface area contributed by atoms with Crippen molar-refractivity contribution in [2.75, 3.05) is 6.54 Å². The number of carbonyl (C=O) groups excluding carboxylic acids is 1. The fourth-order valence-corrected chi connectivity index (χ4v) is 2.38. The number of rotatable bonds is 6. The highest BCUT2D eigenvalue weighted by Crippen LogP contribution is 2.25. The maximum atomic E-state index is 12.1. The molecule has 0 aliphatic rings. The lowest BCUT2D eigenvalue weighted by molar-refractivity contribution is -0.131. The van der Waals surface area contributed by atoms with E-state index in [2.05, 4.69) is 5.32 Å². The SMILES string of the molecule is CCC(CC)(CN)C(=O)NCc1ccsc1. The molecule has 1 rings (SSSR count). The van der Waals surface area contributed by atoms with Crippen LogP contribution in [0, 0.1) is 5.41 Å². The van der Waals surface area contributed by atoms with Gasteiger partial charge in [-0.05, 0) is 35.2 Å². The van der Waals surface area contributed by atoms with E-state index in [1.807, 2.05) is 30.7 Å². The summed E-state index contributed by atoms with van der Waals surface area (Å²) in [6.07, 6.45) is 1.57. The molecule has 1 heterocycles. The molecule has 0 saturated carbocycles. The van der Waals surface area contributed by atoms with Crippen molar-refractivity contribution in [3.63, 3.8) is 0 Å². The van der Waals surface area contributed by atoms with Gasteiger partial charge in [-0.3, -0.25) is 4.79 Å². The van der Waals surface area contributed by atoms with Gasteiger partial charge in [-0.15, -0.1) is 0 Å². The third-order valence-corrected chi connectivity index (χ3v) is 3.99. The smallest absolute Gasteiger partial charge is 0.227 e. The summed E-state index contributed by atoms with van der Waals surface area (Å²) in [5.41, 5.74) is 6.48. The van der Waals surface area contributed by atoms with Crippen molar-refractivity contribution in [3.8, 4) is 0 Å². The van der Waals surface area contributed by atoms with Crippen LogP contribution in [0.5, 0.6) is 0 Å². The van der Waals surface area contributed by atoms with E-state index < -0.39 is 5.41 Å². The lowest BCUT2D eigenvalue weighted by atomic mass is 9.81. The van der Waals surface area contributed by atoms with Gasteiger partial charge in [0.2, 0.25) is 5.91 Å². The molecule has 0 aliphatic heterocycles. The van der Waals surface area contributed by atoms with Gasteiger partial charge in [0.1, 0.15) is 0 Å². The van der Waals surface area contributed by atoms with E-state index in [0.29, 0.717) is 13.1 Å². The van der Waals surface area contributed by atoms with Crippen LogP contribution in [0.25, 0.3) is 0 Å². The molecule has 3 N–H and O–H groups in total. The van der Waals surface area contributed by atoms with Crippen LogP contribution in [-0.2, 0) is 11.3 Å². The summed E-state index contributed by atoms with van der Waals surface area (Å²) in [5.74, 6) is 0.0752. The van der Waals surface area contributed by atoms with E-state index in [1.54, 1.807) is 11.3 Å². The molecule has 4 heteroatoms. The van der Waals surface area contributed by atoms with Gasteiger partial charge in [0.25, 0.3) is 0 Å². The summed E-state index contributed by atoms with van der Waals surface area (Å²) in [5, 5.41) is 7.02. The summed E-state index contributed by atoms with van der Waals surface area (Å²) in [6, 6.07) is 2.02. The number of hydrogen-bond donors (Lipinski definition) is 2. The van der Waals surface area contributed by atoms with E-state index in [0.717, 1.165) is 18.4 Å². The molecular weight excluding hydrogens is 220 g/mol. The van der Waals surface area contributed by atoms with Crippen LogP contribution in [0.2, 0.25) is 0 Å². The van der Waals surface area contributed by atoms with Crippen LogP contribution in [0.3, 0.4) is 0 Å². The minimum atomic E-state index is -0.393. The zero-order valence-corrected chi connectivity index (χ0v) is 10.8. The van der Waals surface area contributed by atoms with E-state index >= 15 is 0 Å². The average molecular weight is 240 g/mol. The standard InChI is InChI=1S/C12H20N2OS/c1-3-12(4-2,9-13)11(15)14-7-10-5-6-16-8-10/h5-6,8H,3-4,7,9,13H2,1-2H3,(H,14,15). The molecule has 3 nitrogen and oxygen atoms in total. The number of carbonyl (C=O) groups is 1. The highest BCUT2D eigenvalue weighted by Gasteiger charge is 2.32. The number of amides is 1. The van der Waals surface area contributed by atoms with E-state index in [1.165, 1.54) is 0 Å². The summed E-state index contributed by atoms with van der Waals surface area (Å²) >= 11 is 1.64. The van der Waals surface area contributed by atoms with Crippen LogP contribution in [0.15, 0.2) is 16.8 Å². The van der Waals surface area contributed by atoms with Crippen molar-refractivity contribution in [1.82, 2.24) is 5.32 Å². The van der Waals surface area contributed by atoms with Crippen molar-refractivity contribution >= 4 is 17.2 Å². The third-order valence-electron chi connectivity index (χ3n) is 3.26. The van der Waals surface area contributed by atoms with Crippen LogP contribution >= 0.6 is 11.3 Å². The summed E-state index contributed by atoms with van der Waals surface area (Å²) in [6.45, 7) is 5.04. The van der Waals surface area contributed by atoms with Gasteiger partial charge in [0, 0.05) is 13.1 Å². The zero-order valence-electron chi connectivity index (χ0n) is 9.95. The van der Waals surface area contributed by atoms with Gasteiger partial charge >= 0.3 is 0 Å². The summed E-state index contributed by atoms with van der Waals surface area (Å²) in [7, 11) is 0. The highest BCUT2D eigenvalue weighted by atomic mass is 32.1. The fraction of sp³-hybridized carbons (Fsp3) is 0.583. The average Bonchev–Trinajstić information content (AvgIpc) is 2.82. The third kappa shape index (κ3) is 2.83. The molecule has 1 aromatic rings. The van der Waals surface area contributed by atoms with Crippen LogP contribution < -0.4 is 11.1 Å². The predicted octanol–water partition coefficient (Wildman–Crippen LogP) is 2.13. The molecule has 0 spiro atoms. The molecule has 0 radical (unpaired) electrons. The molecule has 0 aliphatic carbocycles. The van der Waals surface area contributed by atoms with Gasteiger partial charge in [-0.25, -0.2) is 0 Å². The van der Waals surface area contributed by atoms with Gasteiger partial charge < -0.3 is 11.1 Å². The summed E-state index contributed by atoms with van der Waals surface area (Å²) < 4.78 is 0. The fourth-order valence-electron chi connectivity index (χ4n) is 1.72. The first kappa shape index (κ1) is 13.2. The summed E-state index contributed by atoms with van der Waals surface area (Å²) in [4.78, 5) is 12.1. The van der Waals surface area contributed by atoms with Crippen LogP contribution in [0.1, 0.15) is 32.3 Å². The van der Waals surface area contributed by atoms with Crippen LogP contribution in [0.4, 0.5) is 0 Å². The van der Waals surface area contributed by atoms with Crippen molar-refractivity contribution in [3.05, 3.63) is 22.4 Å². The lowest BCUT2D eigenvalue weighted by Gasteiger charge is -2.28. The number of thiophene rings is 1. The first-order chi connectivity index (χ1) is 7.68. The second-order valence-corrected chi connectivity index (χ2v) is 4.79. The molecule has 0 bridgehead atoms. The van der Waals surface area contributed by atoms with Crippen molar-refractivity contribution in [1.29, 1.82) is 0 Å². The van der Waals surface area contributed by atoms with E-state index in [4.69, 9.17) is 5.73 Å². The lowest BCUT2D eigenvalue weighted by Crippen LogP contribution is -2.44. The van der Waals surface area contributed by atoms with Gasteiger partial charge in [0.15, 0.2) is 0 Å². The van der Waals surface area contributed by atoms with E-state index in [-0.39, 0.29) is 5.91 Å². The molecular formula is C12H20N2OS. The molecule has 90 valence electrons. The molecule has 0 fully saturated rings. The Labute approximate surface area is 101 Å². The maximum Gasteiger partial charge on any atom is 0.227 e. The van der Waals surface area contributed by atoms with Crippen molar-refractivity contribution in [2.24, 2.45) is 11.1 Å². The zero-order chi connectivity index (χ0) is 12.0. The van der Waals surface area contributed by atoms with Gasteiger partial charge in [-0.1, -0.05) is 13.8 Å². The quantitative estimate of drug-likeness (QED) is 0.800. The molecule has 1 aromatic heterocycles. The van der Waals surface area contributed by atoms with Crippen molar-refractivity contribution < 1.29 is 4.79 Å². The molecule has 0 atom stereocenters. The molecule has 0 saturated heterocycles. The van der Waals surface area contributed by atoms with Crippen molar-refractivity contribution in [2.45, 2.75) is 33.2 Å². The molecule has 0 unspecified atom stereocenters. The highest BCUT2D eigenvalue weighted by molar-refractivity contribution is 7.07. The molecule has 0 aromatic carbocycles.